The summed E-state index contributed by atoms with van der Waals surface area (Å²) in [5.41, 5.74) is 0. The smallest absolute Gasteiger partial charge is 0.307 e. The van der Waals surface area contributed by atoms with Crippen LogP contribution in [0, 0.1) is 17.8 Å². The van der Waals surface area contributed by atoms with Crippen LogP contribution in [0.5, 0.6) is 0 Å². The molecule has 3 unspecified atom stereocenters. The van der Waals surface area contributed by atoms with Gasteiger partial charge in [-0.3, -0.25) is 9.59 Å². The van der Waals surface area contributed by atoms with Crippen molar-refractivity contribution in [3.8, 4) is 0 Å². The third-order valence-corrected chi connectivity index (χ3v) is 2.43. The lowest BCUT2D eigenvalue weighted by molar-refractivity contribution is -0.155. The molecule has 72 valence electrons. The molecule has 2 N–H and O–H groups in total. The molecule has 0 saturated heterocycles. The Kier molecular flexibility index (Phi) is 2.70. The quantitative estimate of drug-likeness (QED) is 0.627. The molecule has 0 aromatic heterocycles. The fourth-order valence-corrected chi connectivity index (χ4v) is 1.72. The van der Waals surface area contributed by atoms with Crippen LogP contribution in [0.3, 0.4) is 0 Å². The molecule has 0 aliphatic heterocycles. The summed E-state index contributed by atoms with van der Waals surface area (Å²) in [7, 11) is 0. The van der Waals surface area contributed by atoms with Crippen LogP contribution >= 0.6 is 0 Å². The molecule has 0 fully saturated rings. The minimum absolute atomic E-state index is 0.202. The Labute approximate surface area is 75.9 Å². The Bertz CT molecular complexity index is 256. The minimum Gasteiger partial charge on any atom is -0.481 e. The SMILES string of the molecule is CC1C=CCC(C(=O)O)C1C(=O)O. The Hall–Kier alpha value is -1.32. The van der Waals surface area contributed by atoms with Crippen molar-refractivity contribution in [2.75, 3.05) is 0 Å². The summed E-state index contributed by atoms with van der Waals surface area (Å²) in [5, 5.41) is 17.6. The molecule has 0 aromatic rings. The van der Waals surface area contributed by atoms with Crippen LogP contribution in [0.15, 0.2) is 12.2 Å². The predicted octanol–water partition coefficient (Wildman–Crippen LogP) is 0.984. The third-order valence-electron chi connectivity index (χ3n) is 2.43. The molecule has 0 aromatic carbocycles. The van der Waals surface area contributed by atoms with Crippen LogP contribution < -0.4 is 0 Å². The largest absolute Gasteiger partial charge is 0.481 e. The van der Waals surface area contributed by atoms with E-state index in [9.17, 15) is 9.59 Å². The zero-order valence-corrected chi connectivity index (χ0v) is 7.30. The van der Waals surface area contributed by atoms with Crippen LogP contribution in [0.25, 0.3) is 0 Å². The van der Waals surface area contributed by atoms with E-state index in [1.807, 2.05) is 0 Å². The van der Waals surface area contributed by atoms with Gasteiger partial charge in [-0.25, -0.2) is 0 Å². The van der Waals surface area contributed by atoms with E-state index in [1.165, 1.54) is 0 Å². The van der Waals surface area contributed by atoms with E-state index in [0.29, 0.717) is 6.42 Å². The molecule has 0 radical (unpaired) electrons. The molecule has 13 heavy (non-hydrogen) atoms. The fourth-order valence-electron chi connectivity index (χ4n) is 1.72. The number of hydrogen-bond donors (Lipinski definition) is 2. The van der Waals surface area contributed by atoms with E-state index in [1.54, 1.807) is 19.1 Å². The van der Waals surface area contributed by atoms with Gasteiger partial charge in [0.15, 0.2) is 0 Å². The number of carbonyl (C=O) groups is 2. The average Bonchev–Trinajstić information content (AvgIpc) is 2.02. The number of hydrogen-bond acceptors (Lipinski definition) is 2. The lowest BCUT2D eigenvalue weighted by Crippen LogP contribution is -2.35. The maximum atomic E-state index is 10.8. The predicted molar refractivity (Wildman–Crippen MR) is 45.2 cm³/mol. The maximum absolute atomic E-state index is 10.8. The molecular weight excluding hydrogens is 172 g/mol. The monoisotopic (exact) mass is 184 g/mol. The highest BCUT2D eigenvalue weighted by molar-refractivity contribution is 5.81. The van der Waals surface area contributed by atoms with E-state index >= 15 is 0 Å². The van der Waals surface area contributed by atoms with Gasteiger partial charge in [0.1, 0.15) is 0 Å². The zero-order valence-electron chi connectivity index (χ0n) is 7.30. The Morgan fingerprint density at radius 3 is 2.31 bits per heavy atom. The zero-order chi connectivity index (χ0) is 10.0. The summed E-state index contributed by atoms with van der Waals surface area (Å²) in [6.45, 7) is 1.73. The van der Waals surface area contributed by atoms with Gasteiger partial charge in [-0.15, -0.1) is 0 Å². The van der Waals surface area contributed by atoms with E-state index in [-0.39, 0.29) is 5.92 Å². The van der Waals surface area contributed by atoms with Gasteiger partial charge in [0.05, 0.1) is 11.8 Å². The molecule has 3 atom stereocenters. The topological polar surface area (TPSA) is 74.6 Å². The first kappa shape index (κ1) is 9.77. The average molecular weight is 184 g/mol. The summed E-state index contributed by atoms with van der Waals surface area (Å²) < 4.78 is 0. The van der Waals surface area contributed by atoms with Crippen molar-refractivity contribution < 1.29 is 19.8 Å². The summed E-state index contributed by atoms with van der Waals surface area (Å²) in [6, 6.07) is 0. The molecular formula is C9H12O4. The van der Waals surface area contributed by atoms with Crippen molar-refractivity contribution in [2.45, 2.75) is 13.3 Å². The molecule has 0 saturated carbocycles. The van der Waals surface area contributed by atoms with Crippen LogP contribution in [-0.2, 0) is 9.59 Å². The first-order chi connectivity index (χ1) is 6.04. The Morgan fingerprint density at radius 1 is 1.31 bits per heavy atom. The van der Waals surface area contributed by atoms with Crippen molar-refractivity contribution in [1.82, 2.24) is 0 Å². The fraction of sp³-hybridized carbons (Fsp3) is 0.556. The highest BCUT2D eigenvalue weighted by Crippen LogP contribution is 2.30. The first-order valence-corrected chi connectivity index (χ1v) is 4.16. The number of rotatable bonds is 2. The first-order valence-electron chi connectivity index (χ1n) is 4.16. The normalized spacial score (nSPS) is 32.8. The Balaban J connectivity index is 2.89. The molecule has 4 nitrogen and oxygen atoms in total. The standard InChI is InChI=1S/C9H12O4/c1-5-3-2-4-6(8(10)11)7(5)9(12)13/h2-3,5-7H,4H2,1H3,(H,10,11)(H,12,13). The summed E-state index contributed by atoms with van der Waals surface area (Å²) in [5.74, 6) is -3.82. The minimum atomic E-state index is -1.02. The lowest BCUT2D eigenvalue weighted by Gasteiger charge is -2.26. The van der Waals surface area contributed by atoms with E-state index in [4.69, 9.17) is 10.2 Å². The summed E-state index contributed by atoms with van der Waals surface area (Å²) in [6.07, 6.45) is 3.82. The van der Waals surface area contributed by atoms with Gasteiger partial charge in [0, 0.05) is 0 Å². The van der Waals surface area contributed by atoms with Crippen LogP contribution in [-0.4, -0.2) is 22.2 Å². The molecule has 0 amide bonds. The second-order valence-electron chi connectivity index (χ2n) is 3.33. The van der Waals surface area contributed by atoms with Gasteiger partial charge in [0.25, 0.3) is 0 Å². The number of carboxylic acids is 2. The summed E-state index contributed by atoms with van der Waals surface area (Å²) >= 11 is 0. The summed E-state index contributed by atoms with van der Waals surface area (Å²) in [4.78, 5) is 21.5. The van der Waals surface area contributed by atoms with E-state index in [2.05, 4.69) is 0 Å². The van der Waals surface area contributed by atoms with Gasteiger partial charge in [-0.05, 0) is 12.3 Å². The van der Waals surface area contributed by atoms with Crippen LogP contribution in [0.4, 0.5) is 0 Å². The highest BCUT2D eigenvalue weighted by Gasteiger charge is 2.37. The van der Waals surface area contributed by atoms with E-state index < -0.39 is 23.8 Å². The molecule has 0 bridgehead atoms. The van der Waals surface area contributed by atoms with Gasteiger partial charge in [0.2, 0.25) is 0 Å². The van der Waals surface area contributed by atoms with Crippen molar-refractivity contribution >= 4 is 11.9 Å². The molecule has 0 spiro atoms. The molecule has 1 aliphatic rings. The highest BCUT2D eigenvalue weighted by atomic mass is 16.4. The third kappa shape index (κ3) is 1.88. The Morgan fingerprint density at radius 2 is 1.92 bits per heavy atom. The maximum Gasteiger partial charge on any atom is 0.307 e. The molecule has 1 rings (SSSR count). The molecule has 4 heteroatoms. The van der Waals surface area contributed by atoms with E-state index in [0.717, 1.165) is 0 Å². The van der Waals surface area contributed by atoms with Gasteiger partial charge in [-0.1, -0.05) is 19.1 Å². The molecule has 0 heterocycles. The van der Waals surface area contributed by atoms with Gasteiger partial charge in [-0.2, -0.15) is 0 Å². The second-order valence-corrected chi connectivity index (χ2v) is 3.33. The van der Waals surface area contributed by atoms with Gasteiger partial charge >= 0.3 is 11.9 Å². The van der Waals surface area contributed by atoms with Crippen molar-refractivity contribution in [2.24, 2.45) is 17.8 Å². The van der Waals surface area contributed by atoms with Gasteiger partial charge < -0.3 is 10.2 Å². The number of allylic oxidation sites excluding steroid dienone is 2. The second kappa shape index (κ2) is 3.60. The van der Waals surface area contributed by atoms with Crippen molar-refractivity contribution in [3.63, 3.8) is 0 Å². The van der Waals surface area contributed by atoms with Crippen molar-refractivity contribution in [3.05, 3.63) is 12.2 Å². The van der Waals surface area contributed by atoms with Crippen LogP contribution in [0.1, 0.15) is 13.3 Å². The molecule has 1 aliphatic carbocycles. The van der Waals surface area contributed by atoms with Crippen LogP contribution in [0.2, 0.25) is 0 Å². The number of carboxylic acid groups (broad SMARTS) is 2. The number of aliphatic carboxylic acids is 2. The lowest BCUT2D eigenvalue weighted by atomic mass is 9.77. The van der Waals surface area contributed by atoms with Crippen molar-refractivity contribution in [1.29, 1.82) is 0 Å².